The van der Waals surface area contributed by atoms with Gasteiger partial charge in [0.15, 0.2) is 9.84 Å². The molecule has 0 atom stereocenters. The first-order valence-electron chi connectivity index (χ1n) is 10.2. The van der Waals surface area contributed by atoms with Gasteiger partial charge in [0.05, 0.1) is 11.4 Å². The number of anilines is 1. The molecule has 0 bridgehead atoms. The molecular weight excluding hydrogens is 384 g/mol. The van der Waals surface area contributed by atoms with Crippen molar-refractivity contribution in [2.45, 2.75) is 37.5 Å². The number of piperidine rings is 1. The minimum atomic E-state index is -3.28. The van der Waals surface area contributed by atoms with Gasteiger partial charge in [-0.15, -0.1) is 0 Å². The van der Waals surface area contributed by atoms with Gasteiger partial charge in [0, 0.05) is 11.9 Å². The van der Waals surface area contributed by atoms with Gasteiger partial charge < -0.3 is 5.32 Å². The van der Waals surface area contributed by atoms with Crippen LogP contribution in [0.3, 0.4) is 0 Å². The van der Waals surface area contributed by atoms with E-state index in [4.69, 9.17) is 0 Å². The van der Waals surface area contributed by atoms with E-state index in [2.05, 4.69) is 41.4 Å². The third-order valence-corrected chi connectivity index (χ3v) is 6.69. The quantitative estimate of drug-likeness (QED) is 0.751. The topological polar surface area (TPSA) is 66.5 Å². The standard InChI is InChI=1S/C23H30N2O3S/c1-18-6-8-19(9-7-18)10-11-20-12-14-25(15-13-20)17-23(26)24-21-4-3-5-22(16-21)29(2,27)28/h3-9,16,20H,10-15,17H2,1-2H3,(H,24,26). The molecule has 2 aromatic carbocycles. The molecule has 2 aromatic rings. The van der Waals surface area contributed by atoms with Gasteiger partial charge in [0.2, 0.25) is 5.91 Å². The molecule has 1 heterocycles. The summed E-state index contributed by atoms with van der Waals surface area (Å²) >= 11 is 0. The Balaban J connectivity index is 1.42. The molecule has 6 heteroatoms. The van der Waals surface area contributed by atoms with E-state index in [0.717, 1.165) is 38.6 Å². The summed E-state index contributed by atoms with van der Waals surface area (Å²) in [6, 6.07) is 15.2. The van der Waals surface area contributed by atoms with Gasteiger partial charge in [-0.2, -0.15) is 0 Å². The molecule has 3 rings (SSSR count). The lowest BCUT2D eigenvalue weighted by Gasteiger charge is -2.31. The van der Waals surface area contributed by atoms with Crippen LogP contribution in [0.2, 0.25) is 0 Å². The van der Waals surface area contributed by atoms with Crippen LogP contribution in [0.1, 0.15) is 30.4 Å². The highest BCUT2D eigenvalue weighted by molar-refractivity contribution is 7.90. The van der Waals surface area contributed by atoms with E-state index in [9.17, 15) is 13.2 Å². The molecule has 156 valence electrons. The zero-order valence-corrected chi connectivity index (χ0v) is 18.0. The second kappa shape index (κ2) is 9.55. The van der Waals surface area contributed by atoms with Crippen LogP contribution in [0.15, 0.2) is 53.4 Å². The number of likely N-dealkylation sites (tertiary alicyclic amines) is 1. The Hall–Kier alpha value is -2.18. The molecule has 5 nitrogen and oxygen atoms in total. The van der Waals surface area contributed by atoms with Gasteiger partial charge in [-0.05, 0) is 75.4 Å². The van der Waals surface area contributed by atoms with Gasteiger partial charge in [0.1, 0.15) is 0 Å². The van der Waals surface area contributed by atoms with E-state index in [1.54, 1.807) is 12.1 Å². The Kier molecular flexibility index (Phi) is 7.09. The fourth-order valence-corrected chi connectivity index (χ4v) is 4.43. The van der Waals surface area contributed by atoms with Crippen LogP contribution in [0, 0.1) is 12.8 Å². The van der Waals surface area contributed by atoms with Crippen molar-refractivity contribution in [3.8, 4) is 0 Å². The maximum atomic E-state index is 12.4. The Labute approximate surface area is 174 Å². The predicted molar refractivity (Wildman–Crippen MR) is 117 cm³/mol. The van der Waals surface area contributed by atoms with Gasteiger partial charge >= 0.3 is 0 Å². The first-order valence-corrected chi connectivity index (χ1v) is 12.1. The Morgan fingerprint density at radius 3 is 2.45 bits per heavy atom. The molecule has 0 aromatic heterocycles. The molecule has 0 spiro atoms. The van der Waals surface area contributed by atoms with Crippen molar-refractivity contribution in [1.29, 1.82) is 0 Å². The highest BCUT2D eigenvalue weighted by Crippen LogP contribution is 2.23. The van der Waals surface area contributed by atoms with Crippen LogP contribution in [0.5, 0.6) is 0 Å². The van der Waals surface area contributed by atoms with Crippen LogP contribution < -0.4 is 5.32 Å². The number of carbonyl (C=O) groups excluding carboxylic acids is 1. The summed E-state index contributed by atoms with van der Waals surface area (Å²) in [5.74, 6) is 0.607. The molecule has 0 aliphatic carbocycles. The summed E-state index contributed by atoms with van der Waals surface area (Å²) in [5.41, 5.74) is 3.21. The number of aryl methyl sites for hydroxylation is 2. The maximum Gasteiger partial charge on any atom is 0.238 e. The zero-order chi connectivity index (χ0) is 20.9. The molecule has 1 aliphatic heterocycles. The fraction of sp³-hybridized carbons (Fsp3) is 0.435. The molecule has 1 fully saturated rings. The molecule has 1 saturated heterocycles. The van der Waals surface area contributed by atoms with Crippen LogP contribution in [0.4, 0.5) is 5.69 Å². The molecule has 0 unspecified atom stereocenters. The summed E-state index contributed by atoms with van der Waals surface area (Å²) in [4.78, 5) is 14.8. The summed E-state index contributed by atoms with van der Waals surface area (Å²) in [7, 11) is -3.28. The molecule has 1 N–H and O–H groups in total. The third-order valence-electron chi connectivity index (χ3n) is 5.58. The lowest BCUT2D eigenvalue weighted by molar-refractivity contribution is -0.117. The number of rotatable bonds is 7. The monoisotopic (exact) mass is 414 g/mol. The van der Waals surface area contributed by atoms with E-state index in [1.165, 1.54) is 29.7 Å². The number of benzene rings is 2. The second-order valence-electron chi connectivity index (χ2n) is 8.09. The number of nitrogens with zero attached hydrogens (tertiary/aromatic N) is 1. The number of carbonyl (C=O) groups is 1. The van der Waals surface area contributed by atoms with Gasteiger partial charge in [-0.3, -0.25) is 9.69 Å². The number of nitrogens with one attached hydrogen (secondary N) is 1. The van der Waals surface area contributed by atoms with Crippen molar-refractivity contribution < 1.29 is 13.2 Å². The number of hydrogen-bond donors (Lipinski definition) is 1. The summed E-state index contributed by atoms with van der Waals surface area (Å²) in [6.07, 6.45) is 5.70. The summed E-state index contributed by atoms with van der Waals surface area (Å²) in [6.45, 7) is 4.30. The first kappa shape index (κ1) is 21.5. The molecule has 0 saturated carbocycles. The highest BCUT2D eigenvalue weighted by Gasteiger charge is 2.21. The number of hydrogen-bond acceptors (Lipinski definition) is 4. The third kappa shape index (κ3) is 6.68. The predicted octanol–water partition coefficient (Wildman–Crippen LogP) is 3.68. The van der Waals surface area contributed by atoms with E-state index in [1.807, 2.05) is 0 Å². The van der Waals surface area contributed by atoms with Crippen molar-refractivity contribution in [2.24, 2.45) is 5.92 Å². The SMILES string of the molecule is Cc1ccc(CCC2CCN(CC(=O)Nc3cccc(S(C)(=O)=O)c3)CC2)cc1. The van der Waals surface area contributed by atoms with Crippen LogP contribution in [-0.2, 0) is 21.1 Å². The second-order valence-corrected chi connectivity index (χ2v) is 10.1. The average Bonchev–Trinajstić information content (AvgIpc) is 2.68. The Morgan fingerprint density at radius 2 is 1.79 bits per heavy atom. The lowest BCUT2D eigenvalue weighted by atomic mass is 9.90. The van der Waals surface area contributed by atoms with Crippen molar-refractivity contribution in [3.63, 3.8) is 0 Å². The first-order chi connectivity index (χ1) is 13.8. The largest absolute Gasteiger partial charge is 0.325 e. The molecule has 0 radical (unpaired) electrons. The molecule has 29 heavy (non-hydrogen) atoms. The minimum absolute atomic E-state index is 0.103. The van der Waals surface area contributed by atoms with Gasteiger partial charge in [-0.1, -0.05) is 35.9 Å². The Morgan fingerprint density at radius 1 is 1.10 bits per heavy atom. The van der Waals surface area contributed by atoms with Gasteiger partial charge in [0.25, 0.3) is 0 Å². The average molecular weight is 415 g/mol. The van der Waals surface area contributed by atoms with Gasteiger partial charge in [-0.25, -0.2) is 8.42 Å². The molecule has 1 amide bonds. The van der Waals surface area contributed by atoms with E-state index < -0.39 is 9.84 Å². The maximum absolute atomic E-state index is 12.4. The van der Waals surface area contributed by atoms with Crippen molar-refractivity contribution in [3.05, 3.63) is 59.7 Å². The van der Waals surface area contributed by atoms with E-state index in [0.29, 0.717) is 18.2 Å². The summed E-state index contributed by atoms with van der Waals surface area (Å²) < 4.78 is 23.3. The number of amides is 1. The van der Waals surface area contributed by atoms with Crippen LogP contribution in [0.25, 0.3) is 0 Å². The van der Waals surface area contributed by atoms with Crippen LogP contribution >= 0.6 is 0 Å². The minimum Gasteiger partial charge on any atom is -0.325 e. The fourth-order valence-electron chi connectivity index (χ4n) is 3.77. The molecular formula is C23H30N2O3S. The highest BCUT2D eigenvalue weighted by atomic mass is 32.2. The van der Waals surface area contributed by atoms with E-state index in [-0.39, 0.29) is 10.8 Å². The zero-order valence-electron chi connectivity index (χ0n) is 17.2. The van der Waals surface area contributed by atoms with E-state index >= 15 is 0 Å². The normalized spacial score (nSPS) is 15.9. The van der Waals surface area contributed by atoms with Crippen molar-refractivity contribution >= 4 is 21.4 Å². The van der Waals surface area contributed by atoms with Crippen molar-refractivity contribution in [1.82, 2.24) is 4.90 Å². The van der Waals surface area contributed by atoms with Crippen molar-refractivity contribution in [2.75, 3.05) is 31.2 Å². The summed E-state index contributed by atoms with van der Waals surface area (Å²) in [5, 5.41) is 2.82. The number of sulfone groups is 1. The smallest absolute Gasteiger partial charge is 0.238 e. The van der Waals surface area contributed by atoms with Crippen LogP contribution in [-0.4, -0.2) is 45.1 Å². The molecule has 1 aliphatic rings. The Bertz CT molecular complexity index is 931. The lowest BCUT2D eigenvalue weighted by Crippen LogP contribution is -2.39.